The van der Waals surface area contributed by atoms with Crippen molar-refractivity contribution in [3.63, 3.8) is 0 Å². The van der Waals surface area contributed by atoms with Crippen molar-refractivity contribution in [2.24, 2.45) is 5.16 Å². The minimum absolute atomic E-state index is 0.0357. The van der Waals surface area contributed by atoms with Gasteiger partial charge < -0.3 is 4.74 Å². The van der Waals surface area contributed by atoms with E-state index in [-0.39, 0.29) is 4.90 Å². The molecule has 0 bridgehead atoms. The molecule has 0 atom stereocenters. The third-order valence-electron chi connectivity index (χ3n) is 3.60. The summed E-state index contributed by atoms with van der Waals surface area (Å²) in [5.74, 6) is 0.446. The molecule has 130 valence electrons. The Balaban J connectivity index is 1.70. The molecular formula is C19H14N2O4S. The van der Waals surface area contributed by atoms with Crippen LogP contribution in [0.3, 0.4) is 0 Å². The number of nitrogens with zero attached hydrogens (tertiary/aromatic N) is 2. The van der Waals surface area contributed by atoms with Crippen LogP contribution in [0.25, 0.3) is 10.8 Å². The summed E-state index contributed by atoms with van der Waals surface area (Å²) in [6.07, 6.45) is 1.21. The van der Waals surface area contributed by atoms with E-state index in [4.69, 9.17) is 10.00 Å². The Labute approximate surface area is 151 Å². The van der Waals surface area contributed by atoms with Gasteiger partial charge in [-0.15, -0.1) is 0 Å². The van der Waals surface area contributed by atoms with Crippen molar-refractivity contribution in [2.45, 2.75) is 11.3 Å². The summed E-state index contributed by atoms with van der Waals surface area (Å²) in [5, 5.41) is 13.4. The summed E-state index contributed by atoms with van der Waals surface area (Å²) in [6, 6.07) is 20.8. The summed E-state index contributed by atoms with van der Waals surface area (Å²) in [7, 11) is -4.07. The second-order valence-electron chi connectivity index (χ2n) is 5.31. The number of hydrogen-bond acceptors (Lipinski definition) is 6. The Morgan fingerprint density at radius 2 is 1.73 bits per heavy atom. The molecule has 0 aromatic heterocycles. The van der Waals surface area contributed by atoms with E-state index in [0.717, 1.165) is 17.4 Å². The number of rotatable bonds is 6. The lowest BCUT2D eigenvalue weighted by atomic mass is 10.1. The van der Waals surface area contributed by atoms with E-state index in [1.807, 2.05) is 24.3 Å². The predicted octanol–water partition coefficient (Wildman–Crippen LogP) is 3.63. The third-order valence-corrected chi connectivity index (χ3v) is 4.78. The highest BCUT2D eigenvalue weighted by Crippen LogP contribution is 2.24. The fourth-order valence-corrected chi connectivity index (χ4v) is 3.32. The van der Waals surface area contributed by atoms with E-state index in [1.54, 1.807) is 42.5 Å². The van der Waals surface area contributed by atoms with Crippen LogP contribution >= 0.6 is 0 Å². The summed E-state index contributed by atoms with van der Waals surface area (Å²) < 4.78 is 34.6. The van der Waals surface area contributed by atoms with Gasteiger partial charge in [-0.05, 0) is 34.3 Å². The van der Waals surface area contributed by atoms with Crippen LogP contribution in [0, 0.1) is 11.3 Å². The minimum atomic E-state index is -4.07. The fraction of sp³-hybridized carbons (Fsp3) is 0.0526. The zero-order chi connectivity index (χ0) is 18.4. The van der Waals surface area contributed by atoms with Crippen molar-refractivity contribution in [2.75, 3.05) is 0 Å². The van der Waals surface area contributed by atoms with Gasteiger partial charge in [0.05, 0.1) is 12.5 Å². The molecule has 0 aliphatic carbocycles. The normalized spacial score (nSPS) is 11.3. The Hall–Kier alpha value is -3.37. The standard InChI is InChI=1S/C19H14N2O4S/c20-13-12-15-8-10-17(11-9-15)24-14-21-25-26(22,23)19-7-3-5-16-4-1-2-6-18(16)19/h1-11,14H,12H2. The van der Waals surface area contributed by atoms with E-state index in [0.29, 0.717) is 17.6 Å². The van der Waals surface area contributed by atoms with Gasteiger partial charge >= 0.3 is 10.1 Å². The van der Waals surface area contributed by atoms with E-state index < -0.39 is 10.1 Å². The van der Waals surface area contributed by atoms with Crippen LogP contribution in [0.15, 0.2) is 76.8 Å². The second kappa shape index (κ2) is 7.68. The molecule has 0 heterocycles. The van der Waals surface area contributed by atoms with Gasteiger partial charge in [-0.3, -0.25) is 4.28 Å². The molecule has 0 radical (unpaired) electrons. The van der Waals surface area contributed by atoms with Crippen LogP contribution in [0.5, 0.6) is 5.75 Å². The zero-order valence-electron chi connectivity index (χ0n) is 13.6. The van der Waals surface area contributed by atoms with E-state index in [9.17, 15) is 8.42 Å². The van der Waals surface area contributed by atoms with Gasteiger partial charge in [0.25, 0.3) is 0 Å². The number of oxime groups is 1. The molecule has 3 aromatic carbocycles. The largest absolute Gasteiger partial charge is 0.442 e. The molecule has 0 N–H and O–H groups in total. The number of hydrogen-bond donors (Lipinski definition) is 0. The smallest absolute Gasteiger partial charge is 0.359 e. The first-order chi connectivity index (χ1) is 12.6. The first kappa shape index (κ1) is 17.5. The summed E-state index contributed by atoms with van der Waals surface area (Å²) in [5.41, 5.74) is 0.853. The maximum absolute atomic E-state index is 12.4. The topological polar surface area (TPSA) is 88.8 Å². The first-order valence-electron chi connectivity index (χ1n) is 7.66. The van der Waals surface area contributed by atoms with Crippen molar-refractivity contribution in [3.8, 4) is 11.8 Å². The van der Waals surface area contributed by atoms with Gasteiger partial charge in [-0.1, -0.05) is 48.5 Å². The van der Waals surface area contributed by atoms with Gasteiger partial charge in [0.1, 0.15) is 10.6 Å². The van der Waals surface area contributed by atoms with Crippen molar-refractivity contribution < 1.29 is 17.4 Å². The quantitative estimate of drug-likeness (QED) is 0.377. The van der Waals surface area contributed by atoms with Gasteiger partial charge in [0.2, 0.25) is 6.40 Å². The van der Waals surface area contributed by atoms with Crippen molar-refractivity contribution in [3.05, 3.63) is 72.3 Å². The highest BCUT2D eigenvalue weighted by Gasteiger charge is 2.18. The molecule has 0 aliphatic rings. The molecule has 0 fully saturated rings. The average Bonchev–Trinajstić information content (AvgIpc) is 2.66. The highest BCUT2D eigenvalue weighted by atomic mass is 32.2. The second-order valence-corrected chi connectivity index (χ2v) is 6.81. The molecule has 26 heavy (non-hydrogen) atoms. The molecule has 0 spiro atoms. The molecule has 3 aromatic rings. The molecule has 0 amide bonds. The van der Waals surface area contributed by atoms with Gasteiger partial charge in [-0.25, -0.2) is 0 Å². The monoisotopic (exact) mass is 366 g/mol. The lowest BCUT2D eigenvalue weighted by Gasteiger charge is -2.05. The Kier molecular flexibility index (Phi) is 5.15. The van der Waals surface area contributed by atoms with Crippen molar-refractivity contribution in [1.29, 1.82) is 5.26 Å². The van der Waals surface area contributed by atoms with Gasteiger partial charge in [-0.2, -0.15) is 13.7 Å². The Morgan fingerprint density at radius 1 is 1.00 bits per heavy atom. The maximum Gasteiger partial charge on any atom is 0.359 e. The van der Waals surface area contributed by atoms with Crippen LogP contribution < -0.4 is 4.74 Å². The molecule has 0 unspecified atom stereocenters. The summed E-state index contributed by atoms with van der Waals surface area (Å²) in [4.78, 5) is 0.0357. The Morgan fingerprint density at radius 3 is 2.50 bits per heavy atom. The molecule has 0 saturated heterocycles. The molecule has 0 saturated carbocycles. The highest BCUT2D eigenvalue weighted by molar-refractivity contribution is 7.87. The zero-order valence-corrected chi connectivity index (χ0v) is 14.4. The molecule has 6 nitrogen and oxygen atoms in total. The number of fused-ring (bicyclic) bond motifs is 1. The van der Waals surface area contributed by atoms with Gasteiger partial charge in [0.15, 0.2) is 0 Å². The van der Waals surface area contributed by atoms with Crippen LogP contribution in [0.1, 0.15) is 5.56 Å². The lowest BCUT2D eigenvalue weighted by molar-refractivity contribution is 0.331. The molecular weight excluding hydrogens is 352 g/mol. The van der Waals surface area contributed by atoms with Crippen molar-refractivity contribution in [1.82, 2.24) is 0 Å². The van der Waals surface area contributed by atoms with Crippen LogP contribution in [0.4, 0.5) is 0 Å². The minimum Gasteiger partial charge on any atom is -0.442 e. The van der Waals surface area contributed by atoms with Gasteiger partial charge in [0, 0.05) is 5.39 Å². The summed E-state index contributed by atoms with van der Waals surface area (Å²) >= 11 is 0. The van der Waals surface area contributed by atoms with Crippen LogP contribution in [0.2, 0.25) is 0 Å². The molecule has 3 rings (SSSR count). The molecule has 0 aliphatic heterocycles. The summed E-state index contributed by atoms with van der Waals surface area (Å²) in [6.45, 7) is 0. The number of ether oxygens (including phenoxy) is 1. The lowest BCUT2D eigenvalue weighted by Crippen LogP contribution is -2.04. The van der Waals surface area contributed by atoms with E-state index in [1.165, 1.54) is 6.07 Å². The molecule has 7 heteroatoms. The number of nitriles is 1. The SMILES string of the molecule is N#CCc1ccc(OC=NOS(=O)(=O)c2cccc3ccccc23)cc1. The fourth-order valence-electron chi connectivity index (χ4n) is 2.39. The Bertz CT molecular complexity index is 1080. The van der Waals surface area contributed by atoms with Crippen LogP contribution in [-0.2, 0) is 20.8 Å². The van der Waals surface area contributed by atoms with Crippen molar-refractivity contribution >= 4 is 27.3 Å². The average molecular weight is 366 g/mol. The maximum atomic E-state index is 12.4. The predicted molar refractivity (Wildman–Crippen MR) is 97.1 cm³/mol. The van der Waals surface area contributed by atoms with Crippen LogP contribution in [-0.4, -0.2) is 14.8 Å². The first-order valence-corrected chi connectivity index (χ1v) is 9.07. The third kappa shape index (κ3) is 3.99. The number of benzene rings is 3. The van der Waals surface area contributed by atoms with E-state index >= 15 is 0 Å². The van der Waals surface area contributed by atoms with E-state index in [2.05, 4.69) is 9.44 Å².